The van der Waals surface area contributed by atoms with Crippen LogP contribution in [0.3, 0.4) is 0 Å². The normalized spacial score (nSPS) is 12.2. The number of nitrogens with zero attached hydrogens (tertiary/aromatic N) is 2. The number of rotatable bonds is 5. The monoisotopic (exact) mass is 335 g/mol. The fourth-order valence-electron chi connectivity index (χ4n) is 2.12. The molecule has 1 aromatic heterocycles. The van der Waals surface area contributed by atoms with E-state index in [0.29, 0.717) is 5.88 Å². The van der Waals surface area contributed by atoms with E-state index in [4.69, 9.17) is 4.74 Å². The van der Waals surface area contributed by atoms with Gasteiger partial charge in [0.05, 0.1) is 13.2 Å². The molecule has 0 amide bonds. The van der Waals surface area contributed by atoms with Gasteiger partial charge in [-0.2, -0.15) is 0 Å². The minimum Gasteiger partial charge on any atom is -0.480 e. The molecule has 1 aromatic carbocycles. The molecule has 1 heterocycles. The maximum atomic E-state index is 5.33. The largest absolute Gasteiger partial charge is 0.480 e. The van der Waals surface area contributed by atoms with Crippen molar-refractivity contribution in [2.45, 2.75) is 19.9 Å². The number of aryl methyl sites for hydroxylation is 1. The van der Waals surface area contributed by atoms with Crippen LogP contribution in [0.1, 0.15) is 29.8 Å². The number of aromatic nitrogens is 2. The Bertz CT molecular complexity index is 589. The van der Waals surface area contributed by atoms with E-state index in [1.54, 1.807) is 19.5 Å². The number of methoxy groups -OCH3 is 1. The number of hydrogen-bond acceptors (Lipinski definition) is 4. The first kappa shape index (κ1) is 14.9. The molecule has 0 bridgehead atoms. The third kappa shape index (κ3) is 3.16. The highest BCUT2D eigenvalue weighted by Crippen LogP contribution is 2.28. The van der Waals surface area contributed by atoms with Crippen LogP contribution in [0, 0.1) is 6.92 Å². The molecule has 0 spiro atoms. The van der Waals surface area contributed by atoms with E-state index in [1.807, 2.05) is 0 Å². The topological polar surface area (TPSA) is 47.0 Å². The Morgan fingerprint density at radius 3 is 2.70 bits per heavy atom. The quantitative estimate of drug-likeness (QED) is 0.910. The Morgan fingerprint density at radius 2 is 2.05 bits per heavy atom. The molecule has 0 aliphatic heterocycles. The van der Waals surface area contributed by atoms with E-state index >= 15 is 0 Å². The number of nitrogens with one attached hydrogen (secondary N) is 1. The molecule has 20 heavy (non-hydrogen) atoms. The molecule has 1 unspecified atom stereocenters. The van der Waals surface area contributed by atoms with Gasteiger partial charge in [-0.25, -0.2) is 4.98 Å². The first-order valence-electron chi connectivity index (χ1n) is 6.51. The van der Waals surface area contributed by atoms with Crippen molar-refractivity contribution in [2.75, 3.05) is 13.7 Å². The molecular formula is C15H18BrN3O. The van der Waals surface area contributed by atoms with Crippen molar-refractivity contribution in [1.82, 2.24) is 15.3 Å². The van der Waals surface area contributed by atoms with Gasteiger partial charge in [-0.3, -0.25) is 4.98 Å². The van der Waals surface area contributed by atoms with Crippen LogP contribution in [0.15, 0.2) is 35.1 Å². The molecule has 0 saturated carbocycles. The predicted molar refractivity (Wildman–Crippen MR) is 83.0 cm³/mol. The summed E-state index contributed by atoms with van der Waals surface area (Å²) in [6.45, 7) is 4.98. The lowest BCUT2D eigenvalue weighted by Gasteiger charge is -2.20. The standard InChI is InChI=1S/C15H18BrN3O/c1-4-17-13(11-5-6-12(16)10(2)9-11)14-15(20-3)19-8-7-18-14/h5-9,13,17H,4H2,1-3H3. The average molecular weight is 336 g/mol. The molecule has 1 N–H and O–H groups in total. The van der Waals surface area contributed by atoms with E-state index in [0.717, 1.165) is 22.3 Å². The lowest BCUT2D eigenvalue weighted by Crippen LogP contribution is -2.24. The average Bonchev–Trinajstić information content (AvgIpc) is 2.48. The third-order valence-corrected chi connectivity index (χ3v) is 3.97. The van der Waals surface area contributed by atoms with Crippen molar-refractivity contribution < 1.29 is 4.74 Å². The Hall–Kier alpha value is -1.46. The second kappa shape index (κ2) is 6.81. The summed E-state index contributed by atoms with van der Waals surface area (Å²) in [6.07, 6.45) is 3.33. The molecule has 0 radical (unpaired) electrons. The Balaban J connectivity index is 2.47. The molecule has 0 saturated heterocycles. The molecular weight excluding hydrogens is 318 g/mol. The predicted octanol–water partition coefficient (Wildman–Crippen LogP) is 3.26. The van der Waals surface area contributed by atoms with Gasteiger partial charge in [-0.1, -0.05) is 35.0 Å². The van der Waals surface area contributed by atoms with Gasteiger partial charge >= 0.3 is 0 Å². The number of benzene rings is 1. The van der Waals surface area contributed by atoms with Crippen LogP contribution in [0.4, 0.5) is 0 Å². The first-order valence-corrected chi connectivity index (χ1v) is 7.31. The van der Waals surface area contributed by atoms with Crippen molar-refractivity contribution in [3.8, 4) is 5.88 Å². The van der Waals surface area contributed by atoms with Crippen molar-refractivity contribution in [2.24, 2.45) is 0 Å². The second-order valence-electron chi connectivity index (χ2n) is 4.45. The third-order valence-electron chi connectivity index (χ3n) is 3.08. The molecule has 0 fully saturated rings. The van der Waals surface area contributed by atoms with E-state index in [1.165, 1.54) is 5.56 Å². The van der Waals surface area contributed by atoms with Gasteiger partial charge in [-0.05, 0) is 30.7 Å². The molecule has 2 rings (SSSR count). The molecule has 2 aromatic rings. The fourth-order valence-corrected chi connectivity index (χ4v) is 2.36. The van der Waals surface area contributed by atoms with Gasteiger partial charge in [0.2, 0.25) is 5.88 Å². The Kier molecular flexibility index (Phi) is 5.09. The molecule has 4 nitrogen and oxygen atoms in total. The van der Waals surface area contributed by atoms with Crippen molar-refractivity contribution in [1.29, 1.82) is 0 Å². The van der Waals surface area contributed by atoms with Gasteiger partial charge < -0.3 is 10.1 Å². The molecule has 106 valence electrons. The summed E-state index contributed by atoms with van der Waals surface area (Å²) in [7, 11) is 1.61. The Morgan fingerprint density at radius 1 is 1.30 bits per heavy atom. The second-order valence-corrected chi connectivity index (χ2v) is 5.30. The lowest BCUT2D eigenvalue weighted by atomic mass is 10.0. The van der Waals surface area contributed by atoms with Crippen molar-refractivity contribution in [3.63, 3.8) is 0 Å². The van der Waals surface area contributed by atoms with E-state index in [2.05, 4.69) is 63.3 Å². The van der Waals surface area contributed by atoms with E-state index < -0.39 is 0 Å². The number of ether oxygens (including phenoxy) is 1. The van der Waals surface area contributed by atoms with Crippen LogP contribution < -0.4 is 10.1 Å². The van der Waals surface area contributed by atoms with Gasteiger partial charge in [0, 0.05) is 16.9 Å². The highest BCUT2D eigenvalue weighted by molar-refractivity contribution is 9.10. The summed E-state index contributed by atoms with van der Waals surface area (Å²) < 4.78 is 6.42. The molecule has 0 aliphatic rings. The van der Waals surface area contributed by atoms with Crippen molar-refractivity contribution in [3.05, 3.63) is 51.9 Å². The zero-order valence-electron chi connectivity index (χ0n) is 11.9. The Labute approximate surface area is 127 Å². The first-order chi connectivity index (χ1) is 9.67. The molecule has 0 aliphatic carbocycles. The van der Waals surface area contributed by atoms with E-state index in [-0.39, 0.29) is 6.04 Å². The van der Waals surface area contributed by atoms with E-state index in [9.17, 15) is 0 Å². The number of halogens is 1. The fraction of sp³-hybridized carbons (Fsp3) is 0.333. The summed E-state index contributed by atoms with van der Waals surface area (Å²) in [5.41, 5.74) is 3.14. The zero-order chi connectivity index (χ0) is 14.5. The highest BCUT2D eigenvalue weighted by Gasteiger charge is 2.20. The van der Waals surface area contributed by atoms with Crippen LogP contribution >= 0.6 is 15.9 Å². The van der Waals surface area contributed by atoms with Crippen LogP contribution in [0.25, 0.3) is 0 Å². The number of hydrogen-bond donors (Lipinski definition) is 1. The smallest absolute Gasteiger partial charge is 0.237 e. The zero-order valence-corrected chi connectivity index (χ0v) is 13.4. The van der Waals surface area contributed by atoms with Gasteiger partial charge in [0.1, 0.15) is 5.69 Å². The summed E-state index contributed by atoms with van der Waals surface area (Å²) in [5, 5.41) is 3.44. The van der Waals surface area contributed by atoms with Crippen LogP contribution in [0.5, 0.6) is 5.88 Å². The minimum atomic E-state index is -0.0320. The van der Waals surface area contributed by atoms with Crippen LogP contribution in [-0.4, -0.2) is 23.6 Å². The maximum absolute atomic E-state index is 5.33. The SMILES string of the molecule is CCNC(c1ccc(Br)c(C)c1)c1nccnc1OC. The minimum absolute atomic E-state index is 0.0320. The van der Waals surface area contributed by atoms with Crippen LogP contribution in [0.2, 0.25) is 0 Å². The summed E-state index contributed by atoms with van der Waals surface area (Å²) in [4.78, 5) is 8.67. The maximum Gasteiger partial charge on any atom is 0.237 e. The lowest BCUT2D eigenvalue weighted by molar-refractivity contribution is 0.383. The highest BCUT2D eigenvalue weighted by atomic mass is 79.9. The molecule has 1 atom stereocenters. The summed E-state index contributed by atoms with van der Waals surface area (Å²) in [5.74, 6) is 0.555. The summed E-state index contributed by atoms with van der Waals surface area (Å²) in [6, 6.07) is 6.25. The summed E-state index contributed by atoms with van der Waals surface area (Å²) >= 11 is 3.53. The van der Waals surface area contributed by atoms with Crippen LogP contribution in [-0.2, 0) is 0 Å². The van der Waals surface area contributed by atoms with Gasteiger partial charge in [0.25, 0.3) is 0 Å². The van der Waals surface area contributed by atoms with Gasteiger partial charge in [0.15, 0.2) is 0 Å². The molecule has 5 heteroatoms. The van der Waals surface area contributed by atoms with Crippen molar-refractivity contribution >= 4 is 15.9 Å². The van der Waals surface area contributed by atoms with Gasteiger partial charge in [-0.15, -0.1) is 0 Å².